The van der Waals surface area contributed by atoms with E-state index in [2.05, 4.69) is 73.4 Å². The molecule has 6 rings (SSSR count). The fourth-order valence-corrected chi connectivity index (χ4v) is 8.71. The highest BCUT2D eigenvalue weighted by atomic mass is 16.5. The first kappa shape index (κ1) is 43.3. The Labute approximate surface area is 347 Å². The summed E-state index contributed by atoms with van der Waals surface area (Å²) in [5.41, 5.74) is 10.2. The van der Waals surface area contributed by atoms with Gasteiger partial charge in [-0.05, 0) is 104 Å². The SMILES string of the molecule is CCn1c(-c2cccnc2C(C)C)c2c3cc(ccc31)-c1cc(O)cc(c1)C[C@H](NC(=O)[C@H](C(C)C)N(C)C(=O)CNC)C(=O)N1CCC[C@H](N1)C(=O)OCC(C)(C)C2. The summed E-state index contributed by atoms with van der Waals surface area (Å²) in [6.07, 6.45) is 3.48. The maximum atomic E-state index is 14.5. The zero-order valence-electron chi connectivity index (χ0n) is 36.0. The maximum Gasteiger partial charge on any atom is 0.324 e. The van der Waals surface area contributed by atoms with E-state index >= 15 is 0 Å². The number of phenolic OH excluding ortho intramolecular Hbond substituents is 1. The zero-order chi connectivity index (χ0) is 42.8. The number of carbonyl (C=O) groups is 4. The third-order valence-corrected chi connectivity index (χ3v) is 11.5. The number of aromatic nitrogens is 2. The van der Waals surface area contributed by atoms with Gasteiger partial charge in [-0.3, -0.25) is 29.2 Å². The fourth-order valence-electron chi connectivity index (χ4n) is 8.71. The van der Waals surface area contributed by atoms with E-state index in [0.717, 1.165) is 44.5 Å². The summed E-state index contributed by atoms with van der Waals surface area (Å²) in [7, 11) is 3.25. The van der Waals surface area contributed by atoms with E-state index < -0.39 is 41.3 Å². The molecule has 0 unspecified atom stereocenters. The van der Waals surface area contributed by atoms with Gasteiger partial charge in [0.05, 0.1) is 24.5 Å². The highest BCUT2D eigenvalue weighted by Crippen LogP contribution is 2.42. The third-order valence-electron chi connectivity index (χ3n) is 11.5. The Morgan fingerprint density at radius 2 is 1.85 bits per heavy atom. The van der Waals surface area contributed by atoms with Crippen LogP contribution in [0.2, 0.25) is 0 Å². The minimum atomic E-state index is -1.10. The monoisotopic (exact) mass is 807 g/mol. The molecule has 0 spiro atoms. The smallest absolute Gasteiger partial charge is 0.324 e. The fraction of sp³-hybridized carbons (Fsp3) is 0.500. The van der Waals surface area contributed by atoms with Crippen molar-refractivity contribution in [1.82, 2.24) is 35.5 Å². The molecule has 2 aliphatic heterocycles. The van der Waals surface area contributed by atoms with Gasteiger partial charge in [0.15, 0.2) is 0 Å². The first-order valence-corrected chi connectivity index (χ1v) is 20.9. The second kappa shape index (κ2) is 17.9. The molecular weight excluding hydrogens is 747 g/mol. The van der Waals surface area contributed by atoms with Gasteiger partial charge in [-0.15, -0.1) is 0 Å². The van der Waals surface area contributed by atoms with Crippen LogP contribution in [0.15, 0.2) is 54.7 Å². The van der Waals surface area contributed by atoms with E-state index in [9.17, 15) is 24.3 Å². The van der Waals surface area contributed by atoms with Crippen LogP contribution in [0.4, 0.5) is 0 Å². The third kappa shape index (κ3) is 9.31. The molecule has 6 bridgehead atoms. The number of aryl methyl sites for hydroxylation is 1. The van der Waals surface area contributed by atoms with Crippen LogP contribution in [0.3, 0.4) is 0 Å². The van der Waals surface area contributed by atoms with Gasteiger partial charge < -0.3 is 29.9 Å². The van der Waals surface area contributed by atoms with Crippen LogP contribution >= 0.6 is 0 Å². The van der Waals surface area contributed by atoms with Gasteiger partial charge in [-0.1, -0.05) is 53.7 Å². The molecule has 3 atom stereocenters. The first-order valence-electron chi connectivity index (χ1n) is 20.9. The number of phenols is 1. The van der Waals surface area contributed by atoms with Crippen molar-refractivity contribution in [3.63, 3.8) is 0 Å². The van der Waals surface area contributed by atoms with Crippen molar-refractivity contribution in [3.8, 4) is 28.1 Å². The number of cyclic esters (lactones) is 1. The van der Waals surface area contributed by atoms with Crippen molar-refractivity contribution >= 4 is 34.6 Å². The lowest BCUT2D eigenvalue weighted by atomic mass is 9.83. The van der Waals surface area contributed by atoms with E-state index in [1.807, 2.05) is 38.2 Å². The zero-order valence-corrected chi connectivity index (χ0v) is 36.0. The molecule has 59 heavy (non-hydrogen) atoms. The molecule has 0 aliphatic carbocycles. The van der Waals surface area contributed by atoms with Crippen LogP contribution in [0.25, 0.3) is 33.3 Å². The Kier molecular flexibility index (Phi) is 13.2. The molecule has 1 saturated heterocycles. The Hall–Kier alpha value is -5.27. The van der Waals surface area contributed by atoms with Crippen molar-refractivity contribution in [1.29, 1.82) is 0 Å². The average molecular weight is 808 g/mol. The minimum absolute atomic E-state index is 0.0194. The summed E-state index contributed by atoms with van der Waals surface area (Å²) in [6.45, 7) is 15.6. The van der Waals surface area contributed by atoms with Crippen LogP contribution in [0.1, 0.15) is 84.0 Å². The Bertz CT molecular complexity index is 2210. The first-order chi connectivity index (χ1) is 28.0. The molecular formula is C46H61N7O6. The lowest BCUT2D eigenvalue weighted by Crippen LogP contribution is -2.62. The lowest BCUT2D eigenvalue weighted by molar-refractivity contribution is -0.155. The molecule has 1 fully saturated rings. The number of hydrogen-bond donors (Lipinski definition) is 4. The number of nitrogens with one attached hydrogen (secondary N) is 3. The molecule has 0 saturated carbocycles. The van der Waals surface area contributed by atoms with Crippen LogP contribution < -0.4 is 16.1 Å². The summed E-state index contributed by atoms with van der Waals surface area (Å²) in [5, 5.41) is 19.5. The number of nitrogens with zero attached hydrogens (tertiary/aromatic N) is 4. The second-order valence-corrected chi connectivity index (χ2v) is 17.5. The molecule has 13 heteroatoms. The predicted octanol–water partition coefficient (Wildman–Crippen LogP) is 5.57. The standard InChI is InChI=1S/C46H61N7O6/c1-10-52-38-16-15-30-23-34(38)35(42(52)33-13-11-17-48-40(33)27(2)3)24-46(6,7)26-59-45(58)36-14-12-18-53(50-36)44(57)37(21-29-19-31(30)22-32(54)20-29)49-43(56)41(28(4)5)51(9)39(55)25-47-8/h11,13,15-17,19-20,22-23,27-28,36-37,41,47,50,54H,10,12,14,18,21,24-26H2,1-9H3,(H,49,56)/t36-,37-,41-/m0/s1. The number of pyridine rings is 1. The molecule has 13 nitrogen and oxygen atoms in total. The molecule has 2 aromatic heterocycles. The summed E-state index contributed by atoms with van der Waals surface area (Å²) < 4.78 is 8.42. The van der Waals surface area contributed by atoms with E-state index in [1.165, 1.54) is 9.91 Å². The van der Waals surface area contributed by atoms with Crippen molar-refractivity contribution < 1.29 is 29.0 Å². The summed E-state index contributed by atoms with van der Waals surface area (Å²) >= 11 is 0. The molecule has 4 aromatic rings. The minimum Gasteiger partial charge on any atom is -0.508 e. The number of aromatic hydroxyl groups is 1. The van der Waals surface area contributed by atoms with Gasteiger partial charge >= 0.3 is 5.97 Å². The van der Waals surface area contributed by atoms with Gasteiger partial charge in [0.1, 0.15) is 23.9 Å². The highest BCUT2D eigenvalue weighted by molar-refractivity contribution is 5.96. The van der Waals surface area contributed by atoms with Crippen LogP contribution in [-0.2, 0) is 43.3 Å². The van der Waals surface area contributed by atoms with Crippen LogP contribution in [0, 0.1) is 11.3 Å². The number of fused-ring (bicyclic) bond motifs is 6. The van der Waals surface area contributed by atoms with Crippen molar-refractivity contribution in [3.05, 3.63) is 71.5 Å². The van der Waals surface area contributed by atoms with Crippen molar-refractivity contribution in [2.75, 3.05) is 33.8 Å². The number of hydrogen-bond acceptors (Lipinski definition) is 9. The Morgan fingerprint density at radius 1 is 1.08 bits per heavy atom. The Balaban J connectivity index is 1.51. The average Bonchev–Trinajstić information content (AvgIpc) is 3.50. The summed E-state index contributed by atoms with van der Waals surface area (Å²) in [5.74, 6) is -1.71. The molecule has 0 radical (unpaired) electrons. The topological polar surface area (TPSA) is 158 Å². The molecule has 2 aromatic carbocycles. The highest BCUT2D eigenvalue weighted by Gasteiger charge is 2.37. The molecule has 4 heterocycles. The van der Waals surface area contributed by atoms with Gasteiger partial charge in [0, 0.05) is 54.6 Å². The van der Waals surface area contributed by atoms with Crippen LogP contribution in [0.5, 0.6) is 5.75 Å². The second-order valence-electron chi connectivity index (χ2n) is 17.5. The van der Waals surface area contributed by atoms with E-state index in [-0.39, 0.29) is 43.1 Å². The molecule has 4 N–H and O–H groups in total. The summed E-state index contributed by atoms with van der Waals surface area (Å²) in [4.78, 5) is 61.6. The van der Waals surface area contributed by atoms with E-state index in [4.69, 9.17) is 9.72 Å². The van der Waals surface area contributed by atoms with Crippen molar-refractivity contribution in [2.24, 2.45) is 11.3 Å². The van der Waals surface area contributed by atoms with Gasteiger partial charge in [-0.2, -0.15) is 0 Å². The quantitative estimate of drug-likeness (QED) is 0.159. The normalized spacial score (nSPS) is 19.1. The van der Waals surface area contributed by atoms with E-state index in [1.54, 1.807) is 26.2 Å². The number of hydrazine groups is 1. The molecule has 2 aliphatic rings. The molecule has 316 valence electrons. The number of ether oxygens (including phenoxy) is 1. The maximum absolute atomic E-state index is 14.5. The number of likely N-dealkylation sites (N-methyl/N-ethyl adjacent to an activating group) is 2. The predicted molar refractivity (Wildman–Crippen MR) is 229 cm³/mol. The summed E-state index contributed by atoms with van der Waals surface area (Å²) in [6, 6.07) is 13.0. The van der Waals surface area contributed by atoms with Gasteiger partial charge in [0.25, 0.3) is 5.91 Å². The Morgan fingerprint density at radius 3 is 2.54 bits per heavy atom. The number of esters is 1. The largest absolute Gasteiger partial charge is 0.508 e. The number of benzene rings is 2. The van der Waals surface area contributed by atoms with Gasteiger partial charge in [-0.25, -0.2) is 5.43 Å². The lowest BCUT2D eigenvalue weighted by Gasteiger charge is -2.36. The number of carbonyl (C=O) groups excluding carboxylic acids is 4. The van der Waals surface area contributed by atoms with E-state index in [0.29, 0.717) is 37.9 Å². The number of amides is 3. The van der Waals surface area contributed by atoms with Gasteiger partial charge in [0.2, 0.25) is 11.8 Å². The molecule has 3 amide bonds. The van der Waals surface area contributed by atoms with Crippen molar-refractivity contribution in [2.45, 2.75) is 105 Å². The number of rotatable bonds is 9. The van der Waals surface area contributed by atoms with Crippen LogP contribution in [-0.4, -0.2) is 100 Å².